The second-order valence-corrected chi connectivity index (χ2v) is 2.91. The number of unbranched alkanes of at least 4 members (excludes halogenated alkanes) is 2. The highest BCUT2D eigenvalue weighted by atomic mass is 16.5. The molecular weight excluding hydrogens is 200 g/mol. The van der Waals surface area contributed by atoms with Crippen LogP contribution in [-0.2, 0) is 9.53 Å². The molecular formula is C10H22O5. The number of carbonyl (C=O) groups is 1. The Kier molecular flexibility index (Phi) is 17.7. The molecule has 15 heavy (non-hydrogen) atoms. The highest BCUT2D eigenvalue weighted by molar-refractivity contribution is 5.66. The molecule has 0 rings (SSSR count). The summed E-state index contributed by atoms with van der Waals surface area (Å²) in [7, 11) is 0. The monoisotopic (exact) mass is 222 g/mol. The van der Waals surface area contributed by atoms with Gasteiger partial charge in [0.2, 0.25) is 0 Å². The standard InChI is InChI=1S/C6H12O2.C4H10O3/c1-2-3-4-5-6(7)8;5-1-3-7-4-2-6/h2-5H2,1H3,(H,7,8);5-6H,1-4H2. The van der Waals surface area contributed by atoms with Gasteiger partial charge in [-0.15, -0.1) is 0 Å². The van der Waals surface area contributed by atoms with E-state index in [-0.39, 0.29) is 13.2 Å². The van der Waals surface area contributed by atoms with Gasteiger partial charge in [0.25, 0.3) is 0 Å². The van der Waals surface area contributed by atoms with Gasteiger partial charge in [-0.2, -0.15) is 0 Å². The summed E-state index contributed by atoms with van der Waals surface area (Å²) in [6, 6.07) is 0. The number of aliphatic hydroxyl groups is 2. The van der Waals surface area contributed by atoms with Gasteiger partial charge in [0, 0.05) is 6.42 Å². The molecule has 0 amide bonds. The van der Waals surface area contributed by atoms with Gasteiger partial charge in [0.1, 0.15) is 0 Å². The van der Waals surface area contributed by atoms with Crippen LogP contribution in [0.25, 0.3) is 0 Å². The lowest BCUT2D eigenvalue weighted by atomic mass is 10.2. The van der Waals surface area contributed by atoms with Crippen LogP contribution in [-0.4, -0.2) is 47.7 Å². The number of rotatable bonds is 8. The minimum absolute atomic E-state index is 0.0278. The van der Waals surface area contributed by atoms with Crippen molar-refractivity contribution in [3.05, 3.63) is 0 Å². The second-order valence-electron chi connectivity index (χ2n) is 2.91. The fourth-order valence-electron chi connectivity index (χ4n) is 0.757. The van der Waals surface area contributed by atoms with Crippen molar-refractivity contribution in [3.63, 3.8) is 0 Å². The lowest BCUT2D eigenvalue weighted by molar-refractivity contribution is -0.137. The zero-order valence-electron chi connectivity index (χ0n) is 9.31. The van der Waals surface area contributed by atoms with Crippen LogP contribution in [0.1, 0.15) is 32.6 Å². The maximum Gasteiger partial charge on any atom is 0.303 e. The van der Waals surface area contributed by atoms with Crippen LogP contribution in [0.5, 0.6) is 0 Å². The molecule has 0 spiro atoms. The van der Waals surface area contributed by atoms with E-state index >= 15 is 0 Å². The van der Waals surface area contributed by atoms with Crippen molar-refractivity contribution in [1.82, 2.24) is 0 Å². The number of aliphatic carboxylic acids is 1. The average molecular weight is 222 g/mol. The molecule has 92 valence electrons. The summed E-state index contributed by atoms with van der Waals surface area (Å²) in [6.45, 7) is 2.75. The minimum atomic E-state index is -0.682. The molecule has 0 saturated heterocycles. The first-order chi connectivity index (χ1) is 7.18. The molecule has 0 aromatic heterocycles. The topological polar surface area (TPSA) is 87.0 Å². The minimum Gasteiger partial charge on any atom is -0.481 e. The van der Waals surface area contributed by atoms with Crippen LogP contribution in [0, 0.1) is 0 Å². The van der Waals surface area contributed by atoms with Gasteiger partial charge in [0.05, 0.1) is 26.4 Å². The number of carboxylic acid groups (broad SMARTS) is 1. The van der Waals surface area contributed by atoms with Crippen LogP contribution in [0.3, 0.4) is 0 Å². The molecule has 0 saturated carbocycles. The Balaban J connectivity index is 0. The molecule has 5 nitrogen and oxygen atoms in total. The van der Waals surface area contributed by atoms with E-state index in [0.29, 0.717) is 19.6 Å². The normalized spacial score (nSPS) is 9.27. The molecule has 3 N–H and O–H groups in total. The first kappa shape index (κ1) is 16.8. The predicted molar refractivity (Wildman–Crippen MR) is 56.8 cm³/mol. The van der Waals surface area contributed by atoms with Crippen LogP contribution < -0.4 is 0 Å². The van der Waals surface area contributed by atoms with E-state index in [4.69, 9.17) is 15.3 Å². The lowest BCUT2D eigenvalue weighted by Gasteiger charge is -1.94. The van der Waals surface area contributed by atoms with Gasteiger partial charge in [-0.25, -0.2) is 0 Å². The zero-order chi connectivity index (χ0) is 11.9. The zero-order valence-corrected chi connectivity index (χ0v) is 9.31. The quantitative estimate of drug-likeness (QED) is 0.525. The Morgan fingerprint density at radius 3 is 2.00 bits per heavy atom. The van der Waals surface area contributed by atoms with Crippen LogP contribution in [0.4, 0.5) is 0 Å². The number of ether oxygens (including phenoxy) is 1. The number of aliphatic hydroxyl groups excluding tert-OH is 2. The summed E-state index contributed by atoms with van der Waals surface area (Å²) in [5.41, 5.74) is 0. The summed E-state index contributed by atoms with van der Waals surface area (Å²) in [5, 5.41) is 24.3. The summed E-state index contributed by atoms with van der Waals surface area (Å²) in [6.07, 6.45) is 3.28. The summed E-state index contributed by atoms with van der Waals surface area (Å²) in [4.78, 5) is 9.87. The maximum absolute atomic E-state index is 9.87. The number of hydrogen-bond acceptors (Lipinski definition) is 4. The van der Waals surface area contributed by atoms with E-state index in [0.717, 1.165) is 19.3 Å². The van der Waals surface area contributed by atoms with Crippen molar-refractivity contribution in [2.24, 2.45) is 0 Å². The fraction of sp³-hybridized carbons (Fsp3) is 0.900. The van der Waals surface area contributed by atoms with Crippen molar-refractivity contribution in [2.45, 2.75) is 32.6 Å². The van der Waals surface area contributed by atoms with E-state index < -0.39 is 5.97 Å². The van der Waals surface area contributed by atoms with E-state index in [1.165, 1.54) is 0 Å². The largest absolute Gasteiger partial charge is 0.481 e. The van der Waals surface area contributed by atoms with Gasteiger partial charge in [-0.05, 0) is 6.42 Å². The molecule has 0 radical (unpaired) electrons. The molecule has 0 aliphatic carbocycles. The summed E-state index contributed by atoms with van der Waals surface area (Å²) in [5.74, 6) is -0.682. The fourth-order valence-corrected chi connectivity index (χ4v) is 0.757. The molecule has 0 fully saturated rings. The van der Waals surface area contributed by atoms with Crippen LogP contribution in [0.2, 0.25) is 0 Å². The molecule has 0 aliphatic rings. The Hall–Kier alpha value is -0.650. The molecule has 0 aromatic rings. The molecule has 5 heteroatoms. The maximum atomic E-state index is 9.87. The predicted octanol–water partition coefficient (Wildman–Crippen LogP) is 0.639. The Labute approximate surface area is 90.7 Å². The van der Waals surface area contributed by atoms with Gasteiger partial charge in [-0.1, -0.05) is 19.8 Å². The van der Waals surface area contributed by atoms with E-state index in [2.05, 4.69) is 11.7 Å². The molecule has 0 aliphatic heterocycles. The van der Waals surface area contributed by atoms with E-state index in [9.17, 15) is 4.79 Å². The van der Waals surface area contributed by atoms with Crippen LogP contribution >= 0.6 is 0 Å². The Morgan fingerprint density at radius 1 is 1.13 bits per heavy atom. The highest BCUT2D eigenvalue weighted by Crippen LogP contribution is 1.97. The summed E-state index contributed by atoms with van der Waals surface area (Å²) >= 11 is 0. The van der Waals surface area contributed by atoms with E-state index in [1.54, 1.807) is 0 Å². The third-order valence-corrected chi connectivity index (χ3v) is 1.47. The molecule has 0 atom stereocenters. The highest BCUT2D eigenvalue weighted by Gasteiger charge is 1.92. The smallest absolute Gasteiger partial charge is 0.303 e. The Bertz CT molecular complexity index is 123. The summed E-state index contributed by atoms with van der Waals surface area (Å²) < 4.78 is 4.63. The van der Waals surface area contributed by atoms with Crippen molar-refractivity contribution in [1.29, 1.82) is 0 Å². The molecule has 0 unspecified atom stereocenters. The van der Waals surface area contributed by atoms with Gasteiger partial charge in [-0.3, -0.25) is 4.79 Å². The van der Waals surface area contributed by atoms with Gasteiger partial charge < -0.3 is 20.1 Å². The number of carboxylic acids is 1. The van der Waals surface area contributed by atoms with Crippen molar-refractivity contribution in [2.75, 3.05) is 26.4 Å². The first-order valence-electron chi connectivity index (χ1n) is 5.20. The lowest BCUT2D eigenvalue weighted by Crippen LogP contribution is -2.03. The van der Waals surface area contributed by atoms with Gasteiger partial charge >= 0.3 is 5.97 Å². The molecule has 0 heterocycles. The van der Waals surface area contributed by atoms with Crippen molar-refractivity contribution in [3.8, 4) is 0 Å². The van der Waals surface area contributed by atoms with Crippen molar-refractivity contribution >= 4 is 5.97 Å². The first-order valence-corrected chi connectivity index (χ1v) is 5.20. The second kappa shape index (κ2) is 15.8. The van der Waals surface area contributed by atoms with Crippen molar-refractivity contribution < 1.29 is 24.9 Å². The molecule has 0 aromatic carbocycles. The SMILES string of the molecule is CCCCCC(=O)O.OCCOCCO. The third kappa shape index (κ3) is 24.7. The number of hydrogen-bond donors (Lipinski definition) is 3. The Morgan fingerprint density at radius 2 is 1.67 bits per heavy atom. The van der Waals surface area contributed by atoms with E-state index in [1.807, 2.05) is 0 Å². The van der Waals surface area contributed by atoms with Gasteiger partial charge in [0.15, 0.2) is 0 Å². The third-order valence-electron chi connectivity index (χ3n) is 1.47. The van der Waals surface area contributed by atoms with Crippen LogP contribution in [0.15, 0.2) is 0 Å². The average Bonchev–Trinajstić information content (AvgIpc) is 2.20. The molecule has 0 bridgehead atoms.